The van der Waals surface area contributed by atoms with Gasteiger partial charge in [0, 0.05) is 34.2 Å². The highest BCUT2D eigenvalue weighted by Gasteiger charge is 2.46. The highest BCUT2D eigenvalue weighted by molar-refractivity contribution is 6.47. The van der Waals surface area contributed by atoms with Gasteiger partial charge in [0.2, 0.25) is 0 Å². The number of likely N-dealkylation sites (tertiary alicyclic amines) is 1. The lowest BCUT2D eigenvalue weighted by Gasteiger charge is -2.25. The summed E-state index contributed by atoms with van der Waals surface area (Å²) in [5, 5.41) is 12.8. The number of benzene rings is 3. The fourth-order valence-corrected chi connectivity index (χ4v) is 5.30. The Labute approximate surface area is 229 Å². The van der Waals surface area contributed by atoms with Gasteiger partial charge in [0.05, 0.1) is 30.9 Å². The van der Waals surface area contributed by atoms with Crippen LogP contribution in [0.4, 0.5) is 0 Å². The predicted octanol–water partition coefficient (Wildman–Crippen LogP) is 6.16. The van der Waals surface area contributed by atoms with Crippen LogP contribution in [0.3, 0.4) is 0 Å². The van der Waals surface area contributed by atoms with Crippen LogP contribution in [-0.2, 0) is 16.0 Å². The van der Waals surface area contributed by atoms with Crippen LogP contribution in [0.15, 0.2) is 72.4 Å². The van der Waals surface area contributed by atoms with E-state index in [1.165, 1.54) is 17.0 Å². The molecule has 4 aromatic rings. The van der Waals surface area contributed by atoms with Gasteiger partial charge in [0.15, 0.2) is 0 Å². The van der Waals surface area contributed by atoms with Gasteiger partial charge in [-0.3, -0.25) is 9.59 Å². The number of hydrogen-bond donors (Lipinski definition) is 2. The smallest absolute Gasteiger partial charge is 0.295 e. The number of rotatable bonds is 7. The number of carbonyl (C=O) groups excluding carboxylic acids is 2. The first-order chi connectivity index (χ1) is 18.3. The van der Waals surface area contributed by atoms with Crippen LogP contribution in [0, 0.1) is 0 Å². The summed E-state index contributed by atoms with van der Waals surface area (Å²) in [6, 6.07) is 16.5. The van der Waals surface area contributed by atoms with Crippen LogP contribution >= 0.6 is 23.2 Å². The summed E-state index contributed by atoms with van der Waals surface area (Å²) in [5.74, 6) is -0.494. The van der Waals surface area contributed by atoms with Gasteiger partial charge in [-0.15, -0.1) is 0 Å². The average molecular weight is 551 g/mol. The number of H-pyrrole nitrogens is 1. The Bertz CT molecular complexity index is 1580. The highest BCUT2D eigenvalue weighted by Crippen LogP contribution is 2.41. The molecule has 38 heavy (non-hydrogen) atoms. The molecule has 0 unspecified atom stereocenters. The second-order valence-electron chi connectivity index (χ2n) is 8.87. The molecule has 3 aromatic carbocycles. The number of nitrogens with zero attached hydrogens (tertiary/aromatic N) is 1. The average Bonchev–Trinajstić information content (AvgIpc) is 3.44. The first kappa shape index (κ1) is 25.7. The summed E-state index contributed by atoms with van der Waals surface area (Å²) in [4.78, 5) is 31.4. The number of hydrogen-bond acceptors (Lipinski definition) is 5. The van der Waals surface area contributed by atoms with Gasteiger partial charge in [-0.2, -0.15) is 0 Å². The second kappa shape index (κ2) is 10.4. The summed E-state index contributed by atoms with van der Waals surface area (Å²) in [6.45, 7) is 0.233. The lowest BCUT2D eigenvalue weighted by atomic mass is 9.95. The predicted molar refractivity (Wildman–Crippen MR) is 147 cm³/mol. The maximum Gasteiger partial charge on any atom is 0.295 e. The Morgan fingerprint density at radius 1 is 0.974 bits per heavy atom. The molecule has 194 valence electrons. The van der Waals surface area contributed by atoms with E-state index in [4.69, 9.17) is 32.7 Å². The molecule has 2 heterocycles. The van der Waals surface area contributed by atoms with Crippen molar-refractivity contribution in [2.75, 3.05) is 20.8 Å². The number of fused-ring (bicyclic) bond motifs is 1. The number of halogens is 2. The minimum Gasteiger partial charge on any atom is -0.507 e. The number of carbonyl (C=O) groups is 2. The number of aromatic nitrogens is 1. The first-order valence-corrected chi connectivity index (χ1v) is 12.6. The lowest BCUT2D eigenvalue weighted by Crippen LogP contribution is -2.31. The molecule has 9 heteroatoms. The van der Waals surface area contributed by atoms with Gasteiger partial charge in [-0.05, 0) is 66.1 Å². The minimum atomic E-state index is -0.826. The normalized spacial score (nSPS) is 16.8. The van der Waals surface area contributed by atoms with E-state index in [0.29, 0.717) is 22.8 Å². The minimum absolute atomic E-state index is 0.0371. The zero-order chi connectivity index (χ0) is 27.0. The van der Waals surface area contributed by atoms with E-state index in [9.17, 15) is 14.7 Å². The van der Waals surface area contributed by atoms with E-state index in [1.807, 2.05) is 24.4 Å². The molecule has 1 atom stereocenters. The molecule has 0 bridgehead atoms. The molecule has 1 aliphatic rings. The molecule has 0 spiro atoms. The van der Waals surface area contributed by atoms with Crippen molar-refractivity contribution in [2.45, 2.75) is 12.5 Å². The lowest BCUT2D eigenvalue weighted by molar-refractivity contribution is -0.139. The molecule has 2 N–H and O–H groups in total. The fraction of sp³-hybridized carbons (Fsp3) is 0.172. The van der Waals surface area contributed by atoms with Crippen LogP contribution in [0.1, 0.15) is 22.7 Å². The van der Waals surface area contributed by atoms with E-state index in [1.54, 1.807) is 44.6 Å². The van der Waals surface area contributed by atoms with Crippen molar-refractivity contribution >= 4 is 51.6 Å². The van der Waals surface area contributed by atoms with Crippen molar-refractivity contribution < 1.29 is 24.2 Å². The maximum absolute atomic E-state index is 13.3. The molecule has 5 rings (SSSR count). The van der Waals surface area contributed by atoms with Crippen molar-refractivity contribution in [3.63, 3.8) is 0 Å². The molecule has 1 aliphatic heterocycles. The van der Waals surface area contributed by atoms with Gasteiger partial charge >= 0.3 is 0 Å². The first-order valence-electron chi connectivity index (χ1n) is 11.8. The van der Waals surface area contributed by atoms with Crippen LogP contribution in [0.2, 0.25) is 10.0 Å². The zero-order valence-electron chi connectivity index (χ0n) is 20.6. The highest BCUT2D eigenvalue weighted by atomic mass is 35.5. The monoisotopic (exact) mass is 550 g/mol. The summed E-state index contributed by atoms with van der Waals surface area (Å²) in [5.41, 5.74) is 2.74. The number of nitrogens with one attached hydrogen (secondary N) is 1. The van der Waals surface area contributed by atoms with E-state index in [-0.39, 0.29) is 28.5 Å². The van der Waals surface area contributed by atoms with Gasteiger partial charge in [0.1, 0.15) is 17.3 Å². The number of aliphatic hydroxyl groups is 1. The Morgan fingerprint density at radius 3 is 2.37 bits per heavy atom. The number of ether oxygens (including phenoxy) is 2. The standard InChI is InChI=1S/C29H24Cl2N2O5/c1-37-19-6-3-16(4-7-19)26-25(27(34)21-9-5-18(30)13-23(21)31)28(35)29(36)33(26)12-11-17-15-32-24-10-8-20(38-2)14-22(17)24/h3-10,13-15,26,32,34H,11-12H2,1-2H3/t26-/m1/s1. The molecule has 1 fully saturated rings. The molecule has 0 saturated carbocycles. The number of amides is 1. The van der Waals surface area contributed by atoms with Gasteiger partial charge < -0.3 is 24.5 Å². The summed E-state index contributed by atoms with van der Waals surface area (Å²) < 4.78 is 10.6. The van der Waals surface area contributed by atoms with E-state index < -0.39 is 17.7 Å². The molecule has 0 radical (unpaired) electrons. The third-order valence-corrected chi connectivity index (χ3v) is 7.30. The molecule has 1 saturated heterocycles. The van der Waals surface area contributed by atoms with Crippen molar-refractivity contribution in [1.29, 1.82) is 0 Å². The largest absolute Gasteiger partial charge is 0.507 e. The Kier molecular flexibility index (Phi) is 7.06. The molecule has 1 aromatic heterocycles. The third kappa shape index (κ3) is 4.59. The molecular weight excluding hydrogens is 527 g/mol. The van der Waals surface area contributed by atoms with Gasteiger partial charge in [-0.1, -0.05) is 35.3 Å². The quantitative estimate of drug-likeness (QED) is 0.163. The van der Waals surface area contributed by atoms with Crippen molar-refractivity contribution in [3.8, 4) is 11.5 Å². The Hall–Kier alpha value is -3.94. The molecule has 7 nitrogen and oxygen atoms in total. The topological polar surface area (TPSA) is 91.9 Å². The summed E-state index contributed by atoms with van der Waals surface area (Å²) >= 11 is 12.4. The molecule has 1 amide bonds. The fourth-order valence-electron chi connectivity index (χ4n) is 4.80. The van der Waals surface area contributed by atoms with Crippen molar-refractivity contribution in [1.82, 2.24) is 9.88 Å². The number of methoxy groups -OCH3 is 2. The van der Waals surface area contributed by atoms with Crippen LogP contribution in [-0.4, -0.2) is 47.4 Å². The molecule has 0 aliphatic carbocycles. The molecular formula is C29H24Cl2N2O5. The SMILES string of the molecule is COc1ccc([C@@H]2C(=C(O)c3ccc(Cl)cc3Cl)C(=O)C(=O)N2CCc2c[nH]c3ccc(OC)cc23)cc1. The third-order valence-electron chi connectivity index (χ3n) is 6.75. The van der Waals surface area contributed by atoms with Gasteiger partial charge in [0.25, 0.3) is 11.7 Å². The van der Waals surface area contributed by atoms with E-state index >= 15 is 0 Å². The van der Waals surface area contributed by atoms with Crippen LogP contribution in [0.25, 0.3) is 16.7 Å². The zero-order valence-corrected chi connectivity index (χ0v) is 22.1. The summed E-state index contributed by atoms with van der Waals surface area (Å²) in [6.07, 6.45) is 2.35. The Morgan fingerprint density at radius 2 is 1.68 bits per heavy atom. The van der Waals surface area contributed by atoms with Crippen LogP contribution in [0.5, 0.6) is 11.5 Å². The van der Waals surface area contributed by atoms with E-state index in [2.05, 4.69) is 4.98 Å². The second-order valence-corrected chi connectivity index (χ2v) is 9.71. The maximum atomic E-state index is 13.3. The van der Waals surface area contributed by atoms with Gasteiger partial charge in [-0.25, -0.2) is 0 Å². The number of ketones is 1. The van der Waals surface area contributed by atoms with Crippen LogP contribution < -0.4 is 9.47 Å². The summed E-state index contributed by atoms with van der Waals surface area (Å²) in [7, 11) is 3.16. The van der Waals surface area contributed by atoms with E-state index in [0.717, 1.165) is 22.2 Å². The van der Waals surface area contributed by atoms with Crippen molar-refractivity contribution in [3.05, 3.63) is 99.2 Å². The Balaban J connectivity index is 1.57. The number of Topliss-reactive ketones (excluding diaryl/α,β-unsaturated/α-hetero) is 1. The number of aromatic amines is 1. The number of aliphatic hydroxyl groups excluding tert-OH is 1. The van der Waals surface area contributed by atoms with Crippen molar-refractivity contribution in [2.24, 2.45) is 0 Å².